The number of alkyl halides is 2. The van der Waals surface area contributed by atoms with Crippen LogP contribution in [0.3, 0.4) is 0 Å². The van der Waals surface area contributed by atoms with E-state index in [1.54, 1.807) is 30.1 Å². The van der Waals surface area contributed by atoms with E-state index in [1.165, 1.54) is 0 Å². The lowest BCUT2D eigenvalue weighted by molar-refractivity contribution is -0.120. The largest absolute Gasteiger partial charge is 0.471 e. The number of hydrogen-bond acceptors (Lipinski definition) is 5. The molecule has 1 amide bonds. The normalized spacial score (nSPS) is 13.8. The van der Waals surface area contributed by atoms with Crippen LogP contribution < -0.4 is 10.1 Å². The summed E-state index contributed by atoms with van der Waals surface area (Å²) in [5, 5.41) is 8.35. The minimum Gasteiger partial charge on any atom is -0.471 e. The van der Waals surface area contributed by atoms with Crippen molar-refractivity contribution in [3.05, 3.63) is 47.5 Å². The van der Waals surface area contributed by atoms with E-state index in [9.17, 15) is 13.6 Å². The van der Waals surface area contributed by atoms with Gasteiger partial charge in [0.05, 0.1) is 24.2 Å². The molecule has 0 radical (unpaired) electrons. The molecule has 0 unspecified atom stereocenters. The molecule has 3 heterocycles. The summed E-state index contributed by atoms with van der Waals surface area (Å²) in [7, 11) is 0. The number of ether oxygens (including phenoxy) is 1. The SMILES string of the molecule is Cc1cc(Cn2cc3c(CC(=O)NC4CC4)nccc3n2)cnc1OCC(F)F. The van der Waals surface area contributed by atoms with Gasteiger partial charge in [0.2, 0.25) is 11.8 Å². The Morgan fingerprint density at radius 2 is 2.21 bits per heavy atom. The predicted octanol–water partition coefficient (Wildman–Crippen LogP) is 2.65. The highest BCUT2D eigenvalue weighted by atomic mass is 19.3. The topological polar surface area (TPSA) is 81.9 Å². The van der Waals surface area contributed by atoms with Gasteiger partial charge in [-0.3, -0.25) is 14.5 Å². The minimum absolute atomic E-state index is 0.0283. The smallest absolute Gasteiger partial charge is 0.272 e. The molecule has 152 valence electrons. The van der Waals surface area contributed by atoms with Gasteiger partial charge in [-0.2, -0.15) is 5.10 Å². The van der Waals surface area contributed by atoms with Crippen molar-refractivity contribution < 1.29 is 18.3 Å². The van der Waals surface area contributed by atoms with E-state index in [2.05, 4.69) is 20.4 Å². The summed E-state index contributed by atoms with van der Waals surface area (Å²) in [6.45, 7) is 1.53. The monoisotopic (exact) mass is 401 g/mol. The van der Waals surface area contributed by atoms with E-state index >= 15 is 0 Å². The van der Waals surface area contributed by atoms with Gasteiger partial charge in [-0.05, 0) is 37.5 Å². The zero-order valence-electron chi connectivity index (χ0n) is 15.9. The molecule has 3 aromatic rings. The summed E-state index contributed by atoms with van der Waals surface area (Å²) in [4.78, 5) is 20.6. The van der Waals surface area contributed by atoms with Crippen LogP contribution in [0.25, 0.3) is 10.9 Å². The molecule has 4 rings (SSSR count). The summed E-state index contributed by atoms with van der Waals surface area (Å²) >= 11 is 0. The molecule has 0 saturated heterocycles. The number of carbonyl (C=O) groups excluding carboxylic acids is 1. The van der Waals surface area contributed by atoms with Crippen LogP contribution in [0.5, 0.6) is 5.88 Å². The van der Waals surface area contributed by atoms with Crippen molar-refractivity contribution in [3.63, 3.8) is 0 Å². The molecule has 1 N–H and O–H groups in total. The van der Waals surface area contributed by atoms with Crippen LogP contribution in [-0.2, 0) is 17.8 Å². The third-order valence-corrected chi connectivity index (χ3v) is 4.61. The molecule has 0 bridgehead atoms. The van der Waals surface area contributed by atoms with Crippen molar-refractivity contribution in [1.82, 2.24) is 25.1 Å². The molecule has 1 aliphatic carbocycles. The van der Waals surface area contributed by atoms with Gasteiger partial charge in [-0.15, -0.1) is 0 Å². The molecule has 0 atom stereocenters. The number of amides is 1. The first kappa shape index (κ1) is 19.2. The molecule has 1 saturated carbocycles. The average Bonchev–Trinajstić information content (AvgIpc) is 3.37. The van der Waals surface area contributed by atoms with Gasteiger partial charge in [0, 0.05) is 35.6 Å². The number of nitrogens with one attached hydrogen (secondary N) is 1. The van der Waals surface area contributed by atoms with Gasteiger partial charge in [-0.1, -0.05) is 0 Å². The van der Waals surface area contributed by atoms with Crippen LogP contribution >= 0.6 is 0 Å². The van der Waals surface area contributed by atoms with E-state index in [1.807, 2.05) is 12.3 Å². The zero-order chi connectivity index (χ0) is 20.4. The maximum absolute atomic E-state index is 12.3. The van der Waals surface area contributed by atoms with Crippen LogP contribution in [0.15, 0.2) is 30.7 Å². The highest BCUT2D eigenvalue weighted by Crippen LogP contribution is 2.21. The molecule has 9 heteroatoms. The number of nitrogens with zero attached hydrogens (tertiary/aromatic N) is 4. The number of carbonyl (C=O) groups is 1. The molecule has 1 fully saturated rings. The molecule has 0 aliphatic heterocycles. The van der Waals surface area contributed by atoms with E-state index in [0.717, 1.165) is 29.3 Å². The van der Waals surface area contributed by atoms with Gasteiger partial charge >= 0.3 is 0 Å². The van der Waals surface area contributed by atoms with Crippen molar-refractivity contribution in [1.29, 1.82) is 0 Å². The summed E-state index contributed by atoms with van der Waals surface area (Å²) in [5.74, 6) is 0.173. The molecule has 29 heavy (non-hydrogen) atoms. The summed E-state index contributed by atoms with van der Waals surface area (Å²) in [5.41, 5.74) is 2.99. The second kappa shape index (κ2) is 8.10. The lowest BCUT2D eigenvalue weighted by Gasteiger charge is -2.09. The van der Waals surface area contributed by atoms with Crippen molar-refractivity contribution >= 4 is 16.8 Å². The van der Waals surface area contributed by atoms with E-state index in [4.69, 9.17) is 4.74 Å². The quantitative estimate of drug-likeness (QED) is 0.628. The Kier molecular flexibility index (Phi) is 5.37. The minimum atomic E-state index is -2.54. The lowest BCUT2D eigenvalue weighted by atomic mass is 10.2. The second-order valence-corrected chi connectivity index (χ2v) is 7.20. The molecule has 0 aromatic carbocycles. The number of aryl methyl sites for hydroxylation is 1. The van der Waals surface area contributed by atoms with Crippen LogP contribution in [0.4, 0.5) is 8.78 Å². The average molecular weight is 401 g/mol. The predicted molar refractivity (Wildman–Crippen MR) is 102 cm³/mol. The van der Waals surface area contributed by atoms with Gasteiger partial charge < -0.3 is 10.1 Å². The van der Waals surface area contributed by atoms with Gasteiger partial charge in [-0.25, -0.2) is 13.8 Å². The maximum Gasteiger partial charge on any atom is 0.272 e. The Labute approximate surface area is 166 Å². The Hall–Kier alpha value is -3.10. The van der Waals surface area contributed by atoms with Crippen molar-refractivity contribution in [3.8, 4) is 5.88 Å². The Balaban J connectivity index is 1.49. The van der Waals surface area contributed by atoms with Crippen LogP contribution in [-0.4, -0.2) is 44.7 Å². The highest BCUT2D eigenvalue weighted by molar-refractivity contribution is 5.86. The number of fused-ring (bicyclic) bond motifs is 1. The van der Waals surface area contributed by atoms with Gasteiger partial charge in [0.1, 0.15) is 0 Å². The highest BCUT2D eigenvalue weighted by Gasteiger charge is 2.23. The third-order valence-electron chi connectivity index (χ3n) is 4.61. The van der Waals surface area contributed by atoms with Crippen molar-refractivity contribution in [2.24, 2.45) is 0 Å². The Morgan fingerprint density at radius 1 is 1.38 bits per heavy atom. The van der Waals surface area contributed by atoms with E-state index < -0.39 is 13.0 Å². The summed E-state index contributed by atoms with van der Waals surface area (Å²) < 4.78 is 31.4. The fourth-order valence-corrected chi connectivity index (χ4v) is 3.12. The number of hydrogen-bond donors (Lipinski definition) is 1. The number of halogens is 2. The van der Waals surface area contributed by atoms with Crippen LogP contribution in [0.1, 0.15) is 29.7 Å². The van der Waals surface area contributed by atoms with Crippen molar-refractivity contribution in [2.75, 3.05) is 6.61 Å². The second-order valence-electron chi connectivity index (χ2n) is 7.20. The van der Waals surface area contributed by atoms with Gasteiger partial charge in [0.15, 0.2) is 6.61 Å². The first-order valence-electron chi connectivity index (χ1n) is 9.45. The Morgan fingerprint density at radius 3 is 2.93 bits per heavy atom. The molecule has 3 aromatic heterocycles. The van der Waals surface area contributed by atoms with E-state index in [-0.39, 0.29) is 18.2 Å². The molecular weight excluding hydrogens is 380 g/mol. The number of rotatable bonds is 8. The molecule has 7 nitrogen and oxygen atoms in total. The van der Waals surface area contributed by atoms with Crippen LogP contribution in [0, 0.1) is 6.92 Å². The fourth-order valence-electron chi connectivity index (χ4n) is 3.12. The molecule has 1 aliphatic rings. The van der Waals surface area contributed by atoms with Gasteiger partial charge in [0.25, 0.3) is 6.43 Å². The lowest BCUT2D eigenvalue weighted by Crippen LogP contribution is -2.27. The number of pyridine rings is 2. The third kappa shape index (κ3) is 4.85. The summed E-state index contributed by atoms with van der Waals surface area (Å²) in [6.07, 6.45) is 4.86. The van der Waals surface area contributed by atoms with Crippen molar-refractivity contribution in [2.45, 2.75) is 45.2 Å². The molecule has 0 spiro atoms. The Bertz CT molecular complexity index is 1030. The standard InChI is InChI=1S/C20H21F2N5O2/c1-12-6-13(8-24-20(12)29-11-18(21)22)9-27-10-15-16(26-27)4-5-23-17(15)7-19(28)25-14-2-3-14/h4-6,8,10,14,18H,2-3,7,9,11H2,1H3,(H,25,28). The molecular formula is C20H21F2N5O2. The fraction of sp³-hybridized carbons (Fsp3) is 0.400. The maximum atomic E-state index is 12.3. The van der Waals surface area contributed by atoms with Crippen LogP contribution in [0.2, 0.25) is 0 Å². The zero-order valence-corrected chi connectivity index (χ0v) is 15.9. The first-order chi connectivity index (χ1) is 14.0. The number of aromatic nitrogens is 4. The summed E-state index contributed by atoms with van der Waals surface area (Å²) in [6, 6.07) is 3.95. The first-order valence-corrected chi connectivity index (χ1v) is 9.45. The van der Waals surface area contributed by atoms with E-state index in [0.29, 0.717) is 23.8 Å².